The molecule has 25 heavy (non-hydrogen) atoms. The molecule has 0 radical (unpaired) electrons. The Labute approximate surface area is 144 Å². The molecule has 1 heterocycles. The van der Waals surface area contributed by atoms with Gasteiger partial charge in [0.05, 0.1) is 5.69 Å². The van der Waals surface area contributed by atoms with Gasteiger partial charge in [-0.1, -0.05) is 12.1 Å². The maximum atomic E-state index is 12.6. The second-order valence-corrected chi connectivity index (χ2v) is 5.80. The van der Waals surface area contributed by atoms with Gasteiger partial charge >= 0.3 is 0 Å². The van der Waals surface area contributed by atoms with Gasteiger partial charge < -0.3 is 20.7 Å². The number of anilines is 3. The van der Waals surface area contributed by atoms with Crippen LogP contribution in [0.3, 0.4) is 0 Å². The molecule has 7 nitrogen and oxygen atoms in total. The molecule has 2 aromatic carbocycles. The normalized spacial score (nSPS) is 18.4. The highest BCUT2D eigenvalue weighted by molar-refractivity contribution is 6.19. The summed E-state index contributed by atoms with van der Waals surface area (Å²) in [6.07, 6.45) is 0. The molecule has 2 aromatic rings. The number of nitrogens with one attached hydrogen (secondary N) is 3. The lowest BCUT2D eigenvalue weighted by Crippen LogP contribution is -2.56. The van der Waals surface area contributed by atoms with Gasteiger partial charge in [0.25, 0.3) is 17.4 Å². The van der Waals surface area contributed by atoms with Crippen LogP contribution in [-0.2, 0) is 14.4 Å². The summed E-state index contributed by atoms with van der Waals surface area (Å²) in [4.78, 5) is 36.0. The lowest BCUT2D eigenvalue weighted by atomic mass is 10.0. The molecule has 3 N–H and O–H groups in total. The molecular formula is C18H17N3O4. The molecule has 7 heteroatoms. The SMILES string of the molecule is CC(=O)Nc1ccc(NC(=O)C2(C)Oc3ccccc3NC2=O)cc1. The summed E-state index contributed by atoms with van der Waals surface area (Å²) in [5, 5.41) is 7.97. The molecule has 0 aromatic heterocycles. The van der Waals surface area contributed by atoms with E-state index in [1.54, 1.807) is 48.5 Å². The summed E-state index contributed by atoms with van der Waals surface area (Å²) in [6.45, 7) is 2.83. The fourth-order valence-electron chi connectivity index (χ4n) is 2.41. The number of para-hydroxylation sites is 2. The van der Waals surface area contributed by atoms with Gasteiger partial charge in [-0.3, -0.25) is 14.4 Å². The quantitative estimate of drug-likeness (QED) is 0.748. The molecule has 0 bridgehead atoms. The van der Waals surface area contributed by atoms with Gasteiger partial charge in [-0.2, -0.15) is 0 Å². The van der Waals surface area contributed by atoms with Crippen molar-refractivity contribution in [2.75, 3.05) is 16.0 Å². The molecule has 0 fully saturated rings. The number of hydrogen-bond donors (Lipinski definition) is 3. The standard InChI is InChI=1S/C18H17N3O4/c1-11(22)19-12-7-9-13(10-8-12)20-16(23)18(2)17(24)21-14-5-3-4-6-15(14)25-18/h3-10H,1-2H3,(H,19,22)(H,20,23)(H,21,24). The highest BCUT2D eigenvalue weighted by Gasteiger charge is 2.47. The number of carbonyl (C=O) groups is 3. The average Bonchev–Trinajstić information content (AvgIpc) is 2.57. The monoisotopic (exact) mass is 339 g/mol. The summed E-state index contributed by atoms with van der Waals surface area (Å²) < 4.78 is 5.66. The second kappa shape index (κ2) is 6.27. The lowest BCUT2D eigenvalue weighted by molar-refractivity contribution is -0.143. The van der Waals surface area contributed by atoms with E-state index in [0.717, 1.165) is 0 Å². The van der Waals surface area contributed by atoms with Crippen LogP contribution < -0.4 is 20.7 Å². The minimum absolute atomic E-state index is 0.185. The fourth-order valence-corrected chi connectivity index (χ4v) is 2.41. The number of amides is 3. The minimum atomic E-state index is -1.69. The number of hydrogen-bond acceptors (Lipinski definition) is 4. The van der Waals surface area contributed by atoms with Crippen LogP contribution in [0.2, 0.25) is 0 Å². The van der Waals surface area contributed by atoms with Crippen molar-refractivity contribution in [1.82, 2.24) is 0 Å². The average molecular weight is 339 g/mol. The zero-order valence-electron chi connectivity index (χ0n) is 13.8. The largest absolute Gasteiger partial charge is 0.466 e. The van der Waals surface area contributed by atoms with Crippen LogP contribution in [0.5, 0.6) is 5.75 Å². The summed E-state index contributed by atoms with van der Waals surface area (Å²) in [5.74, 6) is -0.888. The molecule has 0 saturated carbocycles. The van der Waals surface area contributed by atoms with Gasteiger partial charge in [0.1, 0.15) is 5.75 Å². The Balaban J connectivity index is 1.76. The summed E-state index contributed by atoms with van der Waals surface area (Å²) in [6, 6.07) is 13.5. The molecule has 1 aliphatic rings. The molecule has 1 atom stereocenters. The van der Waals surface area contributed by atoms with Crippen molar-refractivity contribution >= 4 is 34.8 Å². The molecule has 1 unspecified atom stereocenters. The molecule has 0 aliphatic carbocycles. The first-order chi connectivity index (χ1) is 11.9. The van der Waals surface area contributed by atoms with Gasteiger partial charge in [0.15, 0.2) is 0 Å². The molecule has 3 rings (SSSR count). The number of carbonyl (C=O) groups excluding carboxylic acids is 3. The van der Waals surface area contributed by atoms with E-state index in [1.807, 2.05) is 0 Å². The van der Waals surface area contributed by atoms with Gasteiger partial charge in [-0.05, 0) is 43.3 Å². The van der Waals surface area contributed by atoms with Gasteiger partial charge in [-0.15, -0.1) is 0 Å². The smallest absolute Gasteiger partial charge is 0.278 e. The first-order valence-electron chi connectivity index (χ1n) is 7.67. The van der Waals surface area contributed by atoms with Crippen LogP contribution in [0.1, 0.15) is 13.8 Å². The molecule has 0 spiro atoms. The van der Waals surface area contributed by atoms with Crippen LogP contribution in [0, 0.1) is 0 Å². The van der Waals surface area contributed by atoms with Crippen molar-refractivity contribution in [2.45, 2.75) is 19.4 Å². The van der Waals surface area contributed by atoms with Crippen molar-refractivity contribution in [3.05, 3.63) is 48.5 Å². The minimum Gasteiger partial charge on any atom is -0.466 e. The molecule has 1 aliphatic heterocycles. The third-order valence-electron chi connectivity index (χ3n) is 3.78. The van der Waals surface area contributed by atoms with Gasteiger partial charge in [0, 0.05) is 18.3 Å². The van der Waals surface area contributed by atoms with Crippen LogP contribution in [0.15, 0.2) is 48.5 Å². The zero-order chi connectivity index (χ0) is 18.0. The maximum Gasteiger partial charge on any atom is 0.278 e. The van der Waals surface area contributed by atoms with Crippen molar-refractivity contribution < 1.29 is 19.1 Å². The van der Waals surface area contributed by atoms with Crippen LogP contribution in [0.25, 0.3) is 0 Å². The number of fused-ring (bicyclic) bond motifs is 1. The topological polar surface area (TPSA) is 96.5 Å². The van der Waals surface area contributed by atoms with Crippen molar-refractivity contribution in [3.8, 4) is 5.75 Å². The van der Waals surface area contributed by atoms with Crippen LogP contribution in [-0.4, -0.2) is 23.3 Å². The van der Waals surface area contributed by atoms with Crippen LogP contribution in [0.4, 0.5) is 17.1 Å². The first-order valence-corrected chi connectivity index (χ1v) is 7.67. The molecule has 3 amide bonds. The van der Waals surface area contributed by atoms with Crippen molar-refractivity contribution in [1.29, 1.82) is 0 Å². The summed E-state index contributed by atoms with van der Waals surface area (Å²) in [7, 11) is 0. The number of rotatable bonds is 3. The van der Waals surface area contributed by atoms with Crippen molar-refractivity contribution in [2.24, 2.45) is 0 Å². The Kier molecular flexibility index (Phi) is 4.14. The second-order valence-electron chi connectivity index (χ2n) is 5.80. The van der Waals surface area contributed by atoms with Crippen molar-refractivity contribution in [3.63, 3.8) is 0 Å². The van der Waals surface area contributed by atoms with E-state index in [9.17, 15) is 14.4 Å². The van der Waals surface area contributed by atoms with E-state index in [1.165, 1.54) is 13.8 Å². The number of ether oxygens (including phenoxy) is 1. The highest BCUT2D eigenvalue weighted by atomic mass is 16.5. The van der Waals surface area contributed by atoms with Crippen LogP contribution >= 0.6 is 0 Å². The summed E-state index contributed by atoms with van der Waals surface area (Å²) in [5.41, 5.74) is -0.0738. The third kappa shape index (κ3) is 3.30. The van der Waals surface area contributed by atoms with E-state index in [2.05, 4.69) is 16.0 Å². The third-order valence-corrected chi connectivity index (χ3v) is 3.78. The molecule has 0 saturated heterocycles. The first kappa shape index (κ1) is 16.5. The predicted molar refractivity (Wildman–Crippen MR) is 93.5 cm³/mol. The Bertz CT molecular complexity index is 848. The van der Waals surface area contributed by atoms with Gasteiger partial charge in [0.2, 0.25) is 5.91 Å². The Morgan fingerprint density at radius 2 is 1.60 bits per heavy atom. The van der Waals surface area contributed by atoms with E-state index >= 15 is 0 Å². The fraction of sp³-hybridized carbons (Fsp3) is 0.167. The molecular weight excluding hydrogens is 322 g/mol. The number of benzene rings is 2. The highest BCUT2D eigenvalue weighted by Crippen LogP contribution is 2.33. The predicted octanol–water partition coefficient (Wildman–Crippen LogP) is 2.37. The Hall–Kier alpha value is -3.35. The maximum absolute atomic E-state index is 12.6. The Morgan fingerprint density at radius 1 is 1.00 bits per heavy atom. The zero-order valence-corrected chi connectivity index (χ0v) is 13.8. The van der Waals surface area contributed by atoms with E-state index in [4.69, 9.17) is 4.74 Å². The van der Waals surface area contributed by atoms with E-state index in [-0.39, 0.29) is 5.91 Å². The van der Waals surface area contributed by atoms with E-state index < -0.39 is 17.4 Å². The van der Waals surface area contributed by atoms with Gasteiger partial charge in [-0.25, -0.2) is 0 Å². The lowest BCUT2D eigenvalue weighted by Gasteiger charge is -2.33. The van der Waals surface area contributed by atoms with E-state index in [0.29, 0.717) is 22.8 Å². The Morgan fingerprint density at radius 3 is 2.24 bits per heavy atom. The summed E-state index contributed by atoms with van der Waals surface area (Å²) >= 11 is 0. The molecule has 128 valence electrons.